The Bertz CT molecular complexity index is 365. The van der Waals surface area contributed by atoms with Crippen LogP contribution < -0.4 is 0 Å². The summed E-state index contributed by atoms with van der Waals surface area (Å²) in [6.45, 7) is 0.759. The molecule has 0 aromatic rings. The summed E-state index contributed by atoms with van der Waals surface area (Å²) in [4.78, 5) is 12.8. The molecule has 0 bridgehead atoms. The lowest BCUT2D eigenvalue weighted by atomic mass is 10.1. The average molecular weight is 235 g/mol. The highest BCUT2D eigenvalue weighted by Gasteiger charge is 2.45. The molecule has 2 fully saturated rings. The molecule has 0 N–H and O–H groups in total. The van der Waals surface area contributed by atoms with Crippen molar-refractivity contribution in [2.75, 3.05) is 31.8 Å². The molecule has 2 atom stereocenters. The van der Waals surface area contributed by atoms with Crippen molar-refractivity contribution < 1.29 is 22.7 Å². The SMILES string of the molecule is COC(=O)N1CCOC2CS(=O)(=O)CC21. The molecule has 0 aromatic carbocycles. The van der Waals surface area contributed by atoms with Gasteiger partial charge in [-0.15, -0.1) is 0 Å². The number of hydrogen-bond acceptors (Lipinski definition) is 5. The minimum atomic E-state index is -3.08. The molecule has 2 unspecified atom stereocenters. The Morgan fingerprint density at radius 2 is 2.20 bits per heavy atom. The van der Waals surface area contributed by atoms with Crippen LogP contribution in [0.3, 0.4) is 0 Å². The maximum absolute atomic E-state index is 11.4. The second kappa shape index (κ2) is 3.64. The molecule has 15 heavy (non-hydrogen) atoms. The van der Waals surface area contributed by atoms with Crippen molar-refractivity contribution >= 4 is 15.9 Å². The Morgan fingerprint density at radius 3 is 2.87 bits per heavy atom. The van der Waals surface area contributed by atoms with Gasteiger partial charge in [-0.3, -0.25) is 4.90 Å². The van der Waals surface area contributed by atoms with Crippen molar-refractivity contribution in [3.05, 3.63) is 0 Å². The number of carbonyl (C=O) groups is 1. The molecule has 2 aliphatic heterocycles. The van der Waals surface area contributed by atoms with E-state index in [4.69, 9.17) is 4.74 Å². The zero-order valence-corrected chi connectivity index (χ0v) is 9.20. The summed E-state index contributed by atoms with van der Waals surface area (Å²) >= 11 is 0. The molecule has 86 valence electrons. The average Bonchev–Trinajstić information content (AvgIpc) is 2.49. The van der Waals surface area contributed by atoms with Crippen LogP contribution >= 0.6 is 0 Å². The van der Waals surface area contributed by atoms with Crippen LogP contribution in [0, 0.1) is 0 Å². The number of fused-ring (bicyclic) bond motifs is 1. The predicted octanol–water partition coefficient (Wildman–Crippen LogP) is -0.749. The topological polar surface area (TPSA) is 72.9 Å². The summed E-state index contributed by atoms with van der Waals surface area (Å²) in [6, 6.07) is -0.379. The van der Waals surface area contributed by atoms with E-state index >= 15 is 0 Å². The standard InChI is InChI=1S/C8H13NO5S/c1-13-8(10)9-2-3-14-7-5-15(11,12)4-6(7)9/h6-7H,2-5H2,1H3. The molecule has 0 saturated carbocycles. The molecule has 2 aliphatic rings. The highest BCUT2D eigenvalue weighted by molar-refractivity contribution is 7.91. The number of carbonyl (C=O) groups excluding carboxylic acids is 1. The van der Waals surface area contributed by atoms with Gasteiger partial charge in [-0.05, 0) is 0 Å². The van der Waals surface area contributed by atoms with Crippen molar-refractivity contribution in [2.45, 2.75) is 12.1 Å². The van der Waals surface area contributed by atoms with E-state index in [1.807, 2.05) is 0 Å². The minimum absolute atomic E-state index is 0.00512. The third-order valence-corrected chi connectivity index (χ3v) is 4.43. The van der Waals surface area contributed by atoms with Gasteiger partial charge in [-0.25, -0.2) is 13.2 Å². The van der Waals surface area contributed by atoms with Crippen LogP contribution in [0.25, 0.3) is 0 Å². The zero-order valence-electron chi connectivity index (χ0n) is 8.38. The zero-order chi connectivity index (χ0) is 11.1. The summed E-state index contributed by atoms with van der Waals surface area (Å²) in [6.07, 6.45) is -0.867. The summed E-state index contributed by atoms with van der Waals surface area (Å²) in [5.74, 6) is -0.0159. The molecular formula is C8H13NO5S. The molecule has 0 aliphatic carbocycles. The summed E-state index contributed by atoms with van der Waals surface area (Å²) in [7, 11) is -1.79. The second-order valence-corrected chi connectivity index (χ2v) is 5.87. The van der Waals surface area contributed by atoms with Crippen LogP contribution in [-0.2, 0) is 19.3 Å². The van der Waals surface area contributed by atoms with Crippen LogP contribution in [0.5, 0.6) is 0 Å². The van der Waals surface area contributed by atoms with E-state index in [2.05, 4.69) is 4.74 Å². The van der Waals surface area contributed by atoms with E-state index in [-0.39, 0.29) is 23.7 Å². The van der Waals surface area contributed by atoms with Crippen molar-refractivity contribution in [3.8, 4) is 0 Å². The Labute approximate surface area is 88.1 Å². The first-order valence-electron chi connectivity index (χ1n) is 4.70. The van der Waals surface area contributed by atoms with E-state index in [9.17, 15) is 13.2 Å². The number of rotatable bonds is 0. The highest BCUT2D eigenvalue weighted by atomic mass is 32.2. The maximum Gasteiger partial charge on any atom is 0.409 e. The number of methoxy groups -OCH3 is 1. The predicted molar refractivity (Wildman–Crippen MR) is 51.3 cm³/mol. The van der Waals surface area contributed by atoms with Gasteiger partial charge in [0.2, 0.25) is 0 Å². The fraction of sp³-hybridized carbons (Fsp3) is 0.875. The monoisotopic (exact) mass is 235 g/mol. The number of ether oxygens (including phenoxy) is 2. The smallest absolute Gasteiger partial charge is 0.409 e. The quantitative estimate of drug-likeness (QED) is 0.552. The Kier molecular flexibility index (Phi) is 2.59. The van der Waals surface area contributed by atoms with Crippen LogP contribution in [0.2, 0.25) is 0 Å². The molecule has 6 nitrogen and oxygen atoms in total. The fourth-order valence-corrected chi connectivity index (χ4v) is 3.93. The molecule has 2 saturated heterocycles. The van der Waals surface area contributed by atoms with E-state index in [1.165, 1.54) is 12.0 Å². The lowest BCUT2D eigenvalue weighted by molar-refractivity contribution is -0.0401. The van der Waals surface area contributed by atoms with Gasteiger partial charge >= 0.3 is 6.09 Å². The maximum atomic E-state index is 11.4. The first-order valence-corrected chi connectivity index (χ1v) is 6.52. The van der Waals surface area contributed by atoms with E-state index < -0.39 is 15.9 Å². The van der Waals surface area contributed by atoms with Crippen LogP contribution in [0.15, 0.2) is 0 Å². The van der Waals surface area contributed by atoms with Crippen molar-refractivity contribution in [3.63, 3.8) is 0 Å². The second-order valence-electron chi connectivity index (χ2n) is 3.72. The molecule has 0 radical (unpaired) electrons. The van der Waals surface area contributed by atoms with Crippen molar-refractivity contribution in [1.29, 1.82) is 0 Å². The molecule has 7 heteroatoms. The van der Waals surface area contributed by atoms with Gasteiger partial charge in [-0.2, -0.15) is 0 Å². The lowest BCUT2D eigenvalue weighted by Gasteiger charge is -2.35. The van der Waals surface area contributed by atoms with Gasteiger partial charge in [0.15, 0.2) is 9.84 Å². The third-order valence-electron chi connectivity index (χ3n) is 2.75. The number of hydrogen-bond donors (Lipinski definition) is 0. The fourth-order valence-electron chi connectivity index (χ4n) is 2.06. The minimum Gasteiger partial charge on any atom is -0.453 e. The van der Waals surface area contributed by atoms with Crippen molar-refractivity contribution in [2.24, 2.45) is 0 Å². The molecule has 2 rings (SSSR count). The van der Waals surface area contributed by atoms with E-state index in [0.29, 0.717) is 13.2 Å². The number of amides is 1. The third kappa shape index (κ3) is 1.93. The van der Waals surface area contributed by atoms with Crippen LogP contribution in [-0.4, -0.2) is 63.3 Å². The van der Waals surface area contributed by atoms with Gasteiger partial charge in [-0.1, -0.05) is 0 Å². The van der Waals surface area contributed by atoms with Gasteiger partial charge in [0, 0.05) is 6.54 Å². The van der Waals surface area contributed by atoms with E-state index in [1.54, 1.807) is 0 Å². The Balaban J connectivity index is 2.19. The van der Waals surface area contributed by atoms with E-state index in [0.717, 1.165) is 0 Å². The number of sulfone groups is 1. The van der Waals surface area contributed by atoms with Gasteiger partial charge < -0.3 is 9.47 Å². The molecule has 1 amide bonds. The normalized spacial score (nSPS) is 33.5. The van der Waals surface area contributed by atoms with Crippen LogP contribution in [0.1, 0.15) is 0 Å². The molecule has 2 heterocycles. The van der Waals surface area contributed by atoms with Gasteiger partial charge in [0.05, 0.1) is 37.4 Å². The molecular weight excluding hydrogens is 222 g/mol. The molecule has 0 aromatic heterocycles. The van der Waals surface area contributed by atoms with Crippen molar-refractivity contribution in [1.82, 2.24) is 4.90 Å². The number of nitrogens with zero attached hydrogens (tertiary/aromatic N) is 1. The Morgan fingerprint density at radius 1 is 1.47 bits per heavy atom. The Hall–Kier alpha value is -0.820. The summed E-state index contributed by atoms with van der Waals surface area (Å²) in [5, 5.41) is 0. The van der Waals surface area contributed by atoms with Gasteiger partial charge in [0.1, 0.15) is 0 Å². The largest absolute Gasteiger partial charge is 0.453 e. The lowest BCUT2D eigenvalue weighted by Crippen LogP contribution is -2.53. The molecule has 0 spiro atoms. The van der Waals surface area contributed by atoms with Crippen LogP contribution in [0.4, 0.5) is 4.79 Å². The first-order chi connectivity index (χ1) is 7.03. The number of morpholine rings is 1. The summed E-state index contributed by atoms with van der Waals surface area (Å²) < 4.78 is 32.7. The summed E-state index contributed by atoms with van der Waals surface area (Å²) in [5.41, 5.74) is 0. The first kappa shape index (κ1) is 10.7. The van der Waals surface area contributed by atoms with Gasteiger partial charge in [0.25, 0.3) is 0 Å². The highest BCUT2D eigenvalue weighted by Crippen LogP contribution is 2.24.